The third kappa shape index (κ3) is 15.4. The molecule has 2 heterocycles. The summed E-state index contributed by atoms with van der Waals surface area (Å²) in [7, 11) is 0. The van der Waals surface area contributed by atoms with Gasteiger partial charge < -0.3 is 30.7 Å². The number of nitrogens with zero attached hydrogens (tertiary/aromatic N) is 1. The zero-order chi connectivity index (χ0) is 40.5. The van der Waals surface area contributed by atoms with Gasteiger partial charge in [0, 0.05) is 25.9 Å². The molecule has 5 atom stereocenters. The third-order valence-electron chi connectivity index (χ3n) is 10.4. The van der Waals surface area contributed by atoms with Gasteiger partial charge in [0.1, 0.15) is 23.7 Å². The van der Waals surface area contributed by atoms with Crippen LogP contribution in [0.2, 0.25) is 0 Å². The highest BCUT2D eigenvalue weighted by atomic mass is 16.6. The highest BCUT2D eigenvalue weighted by Gasteiger charge is 2.50. The van der Waals surface area contributed by atoms with Crippen molar-refractivity contribution in [2.45, 2.75) is 122 Å². The molecule has 0 bridgehead atoms. The number of nitrogens with one attached hydrogen (secondary N) is 4. The lowest BCUT2D eigenvalue weighted by atomic mass is 9.93. The number of benzene rings is 2. The third-order valence-corrected chi connectivity index (χ3v) is 10.4. The average Bonchev–Trinajstić information content (AvgIpc) is 3.94. The van der Waals surface area contributed by atoms with Gasteiger partial charge in [-0.2, -0.15) is 0 Å². The van der Waals surface area contributed by atoms with Gasteiger partial charge >= 0.3 is 0 Å². The van der Waals surface area contributed by atoms with Crippen molar-refractivity contribution in [2.75, 3.05) is 39.5 Å². The van der Waals surface area contributed by atoms with Gasteiger partial charge in [0.25, 0.3) is 0 Å². The van der Waals surface area contributed by atoms with Crippen LogP contribution in [0.4, 0.5) is 0 Å². The van der Waals surface area contributed by atoms with Gasteiger partial charge in [0.15, 0.2) is 5.78 Å². The van der Waals surface area contributed by atoms with Crippen molar-refractivity contribution < 1.29 is 33.4 Å². The fraction of sp³-hybridized carbons (Fsp3) is 0.614. The van der Waals surface area contributed by atoms with Crippen LogP contribution in [-0.4, -0.2) is 104 Å². The van der Waals surface area contributed by atoms with E-state index in [0.29, 0.717) is 45.1 Å². The van der Waals surface area contributed by atoms with Crippen LogP contribution in [0.25, 0.3) is 0 Å². The van der Waals surface area contributed by atoms with E-state index in [2.05, 4.69) is 26.2 Å². The van der Waals surface area contributed by atoms with E-state index < -0.39 is 47.5 Å². The van der Waals surface area contributed by atoms with Crippen LogP contribution in [0.15, 0.2) is 60.7 Å². The van der Waals surface area contributed by atoms with Gasteiger partial charge in [-0.1, -0.05) is 94.8 Å². The van der Waals surface area contributed by atoms with Crippen molar-refractivity contribution in [3.8, 4) is 0 Å². The van der Waals surface area contributed by atoms with Crippen LogP contribution in [0.1, 0.15) is 90.7 Å². The van der Waals surface area contributed by atoms with Gasteiger partial charge in [-0.05, 0) is 75.0 Å². The Kier molecular flexibility index (Phi) is 18.0. The summed E-state index contributed by atoms with van der Waals surface area (Å²) in [5, 5.41) is 11.8. The molecule has 0 radical (unpaired) electrons. The number of rotatable bonds is 24. The largest absolute Gasteiger partial charge is 0.379 e. The van der Waals surface area contributed by atoms with Gasteiger partial charge in [0.2, 0.25) is 23.6 Å². The van der Waals surface area contributed by atoms with E-state index in [1.165, 1.54) is 0 Å². The first kappa shape index (κ1) is 44.6. The SMILES string of the molecule is CC(C)CC(NC(=O)C(CCc1ccccc1)NC(=O)CCCCCN1CCOCC1)C(=O)N[C@@H](Cc1ccccc1)C(=O)NC(CC(C)C)C(=O)[C@@]1(C)CO1. The molecule has 4 N–H and O–H groups in total. The predicted molar refractivity (Wildman–Crippen MR) is 217 cm³/mol. The lowest BCUT2D eigenvalue weighted by Gasteiger charge is -2.28. The number of epoxide rings is 1. The molecular weight excluding hydrogens is 711 g/mol. The van der Waals surface area contributed by atoms with Crippen LogP contribution < -0.4 is 21.3 Å². The molecule has 4 amide bonds. The molecule has 0 aromatic heterocycles. The summed E-state index contributed by atoms with van der Waals surface area (Å²) in [6.07, 6.45) is 4.72. The molecule has 2 fully saturated rings. The molecular formula is C44H65N5O7. The summed E-state index contributed by atoms with van der Waals surface area (Å²) in [6, 6.07) is 15.5. The van der Waals surface area contributed by atoms with Crippen LogP contribution in [0.5, 0.6) is 0 Å². The standard InChI is InChI=1S/C44H65N5O7/c1-31(2)27-36(40(51)44(5)30-56-44)46-43(54)38(29-34-17-11-7-12-18-34)48-42(53)37(28-32(3)4)47-41(52)35(21-20-33-15-9-6-10-16-33)45-39(50)19-13-8-14-22-49-23-25-55-26-24-49/h6-7,9-12,15-18,31-32,35-38H,8,13-14,19-30H2,1-5H3,(H,45,50)(H,46,54)(H,47,52)(H,48,53)/t35?,36?,37?,38-,44+/m0/s1. The molecule has 12 nitrogen and oxygen atoms in total. The topological polar surface area (TPSA) is 158 Å². The molecule has 0 saturated carbocycles. The summed E-state index contributed by atoms with van der Waals surface area (Å²) < 4.78 is 10.8. The molecule has 12 heteroatoms. The van der Waals surface area contributed by atoms with Gasteiger partial charge in [0.05, 0.1) is 25.9 Å². The Labute approximate surface area is 333 Å². The fourth-order valence-corrected chi connectivity index (χ4v) is 7.01. The van der Waals surface area contributed by atoms with Gasteiger partial charge in [-0.3, -0.25) is 28.9 Å². The first-order chi connectivity index (χ1) is 26.8. The first-order valence-corrected chi connectivity index (χ1v) is 20.6. The van der Waals surface area contributed by atoms with E-state index in [1.54, 1.807) is 6.92 Å². The Balaban J connectivity index is 1.45. The maximum atomic E-state index is 14.1. The van der Waals surface area contributed by atoms with Crippen LogP contribution in [0, 0.1) is 11.8 Å². The maximum absolute atomic E-state index is 14.1. The van der Waals surface area contributed by atoms with E-state index in [9.17, 15) is 24.0 Å². The molecule has 56 heavy (non-hydrogen) atoms. The average molecular weight is 776 g/mol. The second-order valence-electron chi connectivity index (χ2n) is 16.4. The van der Waals surface area contributed by atoms with Crippen molar-refractivity contribution in [3.05, 3.63) is 71.8 Å². The van der Waals surface area contributed by atoms with E-state index >= 15 is 0 Å². The maximum Gasteiger partial charge on any atom is 0.243 e. The molecule has 2 aromatic rings. The van der Waals surface area contributed by atoms with Crippen LogP contribution >= 0.6 is 0 Å². The Bertz CT molecular complexity index is 1540. The Morgan fingerprint density at radius 1 is 0.679 bits per heavy atom. The Hall–Kier alpha value is -4.13. The van der Waals surface area contributed by atoms with Gasteiger partial charge in [-0.25, -0.2) is 0 Å². The minimum atomic E-state index is -1.02. The Morgan fingerprint density at radius 2 is 1.21 bits per heavy atom. The number of carbonyl (C=O) groups is 5. The normalized spacial score (nSPS) is 19.1. The summed E-state index contributed by atoms with van der Waals surface area (Å²) >= 11 is 0. The summed E-state index contributed by atoms with van der Waals surface area (Å²) in [5.41, 5.74) is 0.935. The van der Waals surface area contributed by atoms with Gasteiger partial charge in [-0.15, -0.1) is 0 Å². The van der Waals surface area contributed by atoms with Crippen LogP contribution in [0.3, 0.4) is 0 Å². The van der Waals surface area contributed by atoms with E-state index in [-0.39, 0.29) is 29.9 Å². The molecule has 0 spiro atoms. The number of Topliss-reactive ketones (excluding diaryl/α,β-unsaturated/α-hetero) is 1. The molecule has 2 aliphatic rings. The lowest BCUT2D eigenvalue weighted by Crippen LogP contribution is -2.59. The monoisotopic (exact) mass is 775 g/mol. The van der Waals surface area contributed by atoms with E-state index in [0.717, 1.165) is 56.8 Å². The highest BCUT2D eigenvalue weighted by molar-refractivity contribution is 5.98. The minimum absolute atomic E-state index is 0.0228. The summed E-state index contributed by atoms with van der Waals surface area (Å²) in [5.74, 6) is -1.70. The minimum Gasteiger partial charge on any atom is -0.379 e. The number of unbranched alkanes of at least 4 members (excludes halogenated alkanes) is 2. The lowest BCUT2D eigenvalue weighted by molar-refractivity contribution is -0.135. The highest BCUT2D eigenvalue weighted by Crippen LogP contribution is 2.29. The summed E-state index contributed by atoms with van der Waals surface area (Å²) in [6.45, 7) is 14.3. The second-order valence-corrected chi connectivity index (χ2v) is 16.4. The molecule has 2 aromatic carbocycles. The molecule has 0 aliphatic carbocycles. The number of hydrogen-bond donors (Lipinski definition) is 4. The van der Waals surface area contributed by atoms with Crippen molar-refractivity contribution in [2.24, 2.45) is 11.8 Å². The number of morpholine rings is 1. The number of aryl methyl sites for hydroxylation is 1. The van der Waals surface area contributed by atoms with Crippen molar-refractivity contribution in [1.82, 2.24) is 26.2 Å². The van der Waals surface area contributed by atoms with E-state index in [1.807, 2.05) is 88.4 Å². The first-order valence-electron chi connectivity index (χ1n) is 20.6. The van der Waals surface area contributed by atoms with E-state index in [4.69, 9.17) is 9.47 Å². The van der Waals surface area contributed by atoms with Crippen molar-refractivity contribution in [3.63, 3.8) is 0 Å². The predicted octanol–water partition coefficient (Wildman–Crippen LogP) is 4.14. The van der Waals surface area contributed by atoms with Crippen molar-refractivity contribution >= 4 is 29.4 Å². The number of amides is 4. The number of ether oxygens (including phenoxy) is 2. The molecule has 3 unspecified atom stereocenters. The van der Waals surface area contributed by atoms with Crippen molar-refractivity contribution in [1.29, 1.82) is 0 Å². The fourth-order valence-electron chi connectivity index (χ4n) is 7.01. The number of ketones is 1. The zero-order valence-electron chi connectivity index (χ0n) is 34.1. The molecule has 308 valence electrons. The smallest absolute Gasteiger partial charge is 0.243 e. The van der Waals surface area contributed by atoms with Crippen LogP contribution in [-0.2, 0) is 46.3 Å². The second kappa shape index (κ2) is 22.6. The number of carbonyl (C=O) groups excluding carboxylic acids is 5. The molecule has 2 aliphatic heterocycles. The summed E-state index contributed by atoms with van der Waals surface area (Å²) in [4.78, 5) is 71.1. The zero-order valence-corrected chi connectivity index (χ0v) is 34.1. The number of hydrogen-bond acceptors (Lipinski definition) is 8. The Morgan fingerprint density at radius 3 is 1.82 bits per heavy atom. The quantitative estimate of drug-likeness (QED) is 0.0916. The molecule has 4 rings (SSSR count). The molecule has 2 saturated heterocycles.